The molecule has 1 aliphatic rings. The Labute approximate surface area is 116 Å². The molecule has 20 heavy (non-hydrogen) atoms. The van der Waals surface area contributed by atoms with Crippen molar-refractivity contribution >= 4 is 16.8 Å². The van der Waals surface area contributed by atoms with E-state index in [4.69, 9.17) is 0 Å². The van der Waals surface area contributed by atoms with Gasteiger partial charge in [-0.2, -0.15) is 0 Å². The van der Waals surface area contributed by atoms with Crippen LogP contribution in [0.3, 0.4) is 0 Å². The van der Waals surface area contributed by atoms with Crippen molar-refractivity contribution in [3.8, 4) is 5.75 Å². The first-order valence-electron chi connectivity index (χ1n) is 6.66. The number of benzene rings is 1. The number of aromatic hydroxyl groups is 1. The highest BCUT2D eigenvalue weighted by atomic mass is 16.3. The smallest absolute Gasteiger partial charge is 0.255 e. The lowest BCUT2D eigenvalue weighted by atomic mass is 9.80. The van der Waals surface area contributed by atoms with Crippen LogP contribution in [0.5, 0.6) is 5.75 Å². The van der Waals surface area contributed by atoms with Crippen LogP contribution in [0.25, 0.3) is 10.9 Å². The number of hydrogen-bond donors (Lipinski definition) is 3. The highest BCUT2D eigenvalue weighted by Crippen LogP contribution is 2.31. The maximum absolute atomic E-state index is 12.3. The normalized spacial score (nSPS) is 16.6. The van der Waals surface area contributed by atoms with E-state index in [2.05, 4.69) is 10.3 Å². The second-order valence-corrected chi connectivity index (χ2v) is 5.30. The quantitative estimate of drug-likeness (QED) is 0.792. The van der Waals surface area contributed by atoms with E-state index in [0.29, 0.717) is 23.7 Å². The van der Waals surface area contributed by atoms with E-state index in [0.717, 1.165) is 6.42 Å². The van der Waals surface area contributed by atoms with Crippen LogP contribution in [0.15, 0.2) is 30.5 Å². The third-order valence-electron chi connectivity index (χ3n) is 3.84. The molecule has 0 atom stereocenters. The molecular formula is C15H16N2O3. The molecule has 0 spiro atoms. The number of aliphatic hydroxyl groups is 1. The molecule has 5 nitrogen and oxygen atoms in total. The van der Waals surface area contributed by atoms with Crippen LogP contribution in [0.2, 0.25) is 0 Å². The zero-order valence-corrected chi connectivity index (χ0v) is 11.0. The molecule has 1 saturated carbocycles. The lowest BCUT2D eigenvalue weighted by molar-refractivity contribution is -0.0300. The summed E-state index contributed by atoms with van der Waals surface area (Å²) in [5.74, 6) is -0.539. The van der Waals surface area contributed by atoms with Gasteiger partial charge in [-0.05, 0) is 25.3 Å². The number of carbonyl (C=O) groups excluding carboxylic acids is 1. The van der Waals surface area contributed by atoms with Crippen molar-refractivity contribution < 1.29 is 15.0 Å². The van der Waals surface area contributed by atoms with Crippen molar-refractivity contribution in [2.45, 2.75) is 24.9 Å². The standard InChI is InChI=1S/C15H16N2O3/c18-12-8-16-11-5-2-1-4-10(11)13(12)14(19)17-9-15(20)6-3-7-15/h1-2,4-5,8,18,20H,3,6-7,9H2,(H,17,19). The Bertz CT molecular complexity index is 665. The van der Waals surface area contributed by atoms with Gasteiger partial charge in [-0.1, -0.05) is 18.2 Å². The van der Waals surface area contributed by atoms with E-state index < -0.39 is 5.60 Å². The number of nitrogens with zero attached hydrogens (tertiary/aromatic N) is 1. The first-order chi connectivity index (χ1) is 9.59. The molecule has 1 heterocycles. The number of amides is 1. The van der Waals surface area contributed by atoms with Gasteiger partial charge in [0.15, 0.2) is 0 Å². The fourth-order valence-electron chi connectivity index (χ4n) is 2.46. The minimum atomic E-state index is -0.784. The van der Waals surface area contributed by atoms with Crippen LogP contribution < -0.4 is 5.32 Å². The van der Waals surface area contributed by atoms with Crippen LogP contribution >= 0.6 is 0 Å². The monoisotopic (exact) mass is 272 g/mol. The van der Waals surface area contributed by atoms with Crippen molar-refractivity contribution in [1.82, 2.24) is 10.3 Å². The molecule has 3 N–H and O–H groups in total. The zero-order chi connectivity index (χ0) is 14.2. The average Bonchev–Trinajstić information content (AvgIpc) is 2.42. The van der Waals surface area contributed by atoms with Crippen LogP contribution in [-0.4, -0.2) is 33.3 Å². The number of aromatic nitrogens is 1. The lowest BCUT2D eigenvalue weighted by Gasteiger charge is -2.36. The second-order valence-electron chi connectivity index (χ2n) is 5.30. The molecule has 0 bridgehead atoms. The summed E-state index contributed by atoms with van der Waals surface area (Å²) in [6.45, 7) is 0.210. The van der Waals surface area contributed by atoms with Gasteiger partial charge in [0.1, 0.15) is 5.75 Å². The molecule has 1 fully saturated rings. The van der Waals surface area contributed by atoms with Gasteiger partial charge >= 0.3 is 0 Å². The first-order valence-corrected chi connectivity index (χ1v) is 6.66. The number of pyridine rings is 1. The van der Waals surface area contributed by atoms with Crippen molar-refractivity contribution in [1.29, 1.82) is 0 Å². The number of rotatable bonds is 3. The number of hydrogen-bond acceptors (Lipinski definition) is 4. The molecule has 0 saturated heterocycles. The Morgan fingerprint density at radius 2 is 2.10 bits per heavy atom. The van der Waals surface area contributed by atoms with Crippen molar-refractivity contribution in [3.63, 3.8) is 0 Å². The third kappa shape index (κ3) is 2.20. The summed E-state index contributed by atoms with van der Waals surface area (Å²) in [6.07, 6.45) is 3.66. The summed E-state index contributed by atoms with van der Waals surface area (Å²) in [7, 11) is 0. The predicted octanol–water partition coefficient (Wildman–Crippen LogP) is 1.59. The maximum atomic E-state index is 12.3. The molecule has 0 radical (unpaired) electrons. The van der Waals surface area contributed by atoms with E-state index in [1.165, 1.54) is 6.20 Å². The van der Waals surface area contributed by atoms with Crippen molar-refractivity contribution in [2.75, 3.05) is 6.54 Å². The largest absolute Gasteiger partial charge is 0.505 e. The summed E-state index contributed by atoms with van der Waals surface area (Å²) in [5.41, 5.74) is 0.0741. The fourth-order valence-corrected chi connectivity index (χ4v) is 2.46. The fraction of sp³-hybridized carbons (Fsp3) is 0.333. The summed E-state index contributed by atoms with van der Waals surface area (Å²) in [4.78, 5) is 16.3. The van der Waals surface area contributed by atoms with Gasteiger partial charge in [0.25, 0.3) is 5.91 Å². The highest BCUT2D eigenvalue weighted by Gasteiger charge is 2.34. The highest BCUT2D eigenvalue weighted by molar-refractivity contribution is 6.08. The zero-order valence-electron chi connectivity index (χ0n) is 11.0. The third-order valence-corrected chi connectivity index (χ3v) is 3.84. The van der Waals surface area contributed by atoms with Gasteiger partial charge in [0.05, 0.1) is 22.9 Å². The number of para-hydroxylation sites is 1. The van der Waals surface area contributed by atoms with Gasteiger partial charge in [-0.3, -0.25) is 9.78 Å². The van der Waals surface area contributed by atoms with Crippen molar-refractivity contribution in [2.24, 2.45) is 0 Å². The number of nitrogens with one attached hydrogen (secondary N) is 1. The van der Waals surface area contributed by atoms with E-state index in [-0.39, 0.29) is 23.8 Å². The molecule has 0 aliphatic heterocycles. The first kappa shape index (κ1) is 12.9. The molecule has 1 aromatic heterocycles. The Kier molecular flexibility index (Phi) is 3.06. The van der Waals surface area contributed by atoms with Crippen molar-refractivity contribution in [3.05, 3.63) is 36.0 Å². The molecule has 1 aromatic carbocycles. The Hall–Kier alpha value is -2.14. The molecule has 1 amide bonds. The molecule has 5 heteroatoms. The lowest BCUT2D eigenvalue weighted by Crippen LogP contribution is -2.47. The summed E-state index contributed by atoms with van der Waals surface area (Å²) in [6, 6.07) is 7.14. The van der Waals surface area contributed by atoms with Gasteiger partial charge in [0.2, 0.25) is 0 Å². The van der Waals surface area contributed by atoms with E-state index in [1.807, 2.05) is 6.07 Å². The van der Waals surface area contributed by atoms with Crippen LogP contribution in [-0.2, 0) is 0 Å². The van der Waals surface area contributed by atoms with E-state index in [1.54, 1.807) is 18.2 Å². The Balaban J connectivity index is 1.88. The predicted molar refractivity (Wildman–Crippen MR) is 74.5 cm³/mol. The molecule has 3 rings (SSSR count). The summed E-state index contributed by atoms with van der Waals surface area (Å²) < 4.78 is 0. The maximum Gasteiger partial charge on any atom is 0.255 e. The van der Waals surface area contributed by atoms with Gasteiger partial charge < -0.3 is 15.5 Å². The molecule has 104 valence electrons. The SMILES string of the molecule is O=C(NCC1(O)CCC1)c1c(O)cnc2ccccc12. The average molecular weight is 272 g/mol. The summed E-state index contributed by atoms with van der Waals surface area (Å²) in [5, 5.41) is 23.2. The minimum Gasteiger partial charge on any atom is -0.505 e. The van der Waals surface area contributed by atoms with Gasteiger partial charge in [-0.15, -0.1) is 0 Å². The van der Waals surface area contributed by atoms with Gasteiger partial charge in [0, 0.05) is 11.9 Å². The molecule has 2 aromatic rings. The Morgan fingerprint density at radius 1 is 1.35 bits per heavy atom. The summed E-state index contributed by atoms with van der Waals surface area (Å²) >= 11 is 0. The Morgan fingerprint density at radius 3 is 2.80 bits per heavy atom. The molecule has 1 aliphatic carbocycles. The van der Waals surface area contributed by atoms with Gasteiger partial charge in [-0.25, -0.2) is 0 Å². The van der Waals surface area contributed by atoms with Crippen LogP contribution in [0.4, 0.5) is 0 Å². The number of carbonyl (C=O) groups is 1. The molecular weight excluding hydrogens is 256 g/mol. The molecule has 0 unspecified atom stereocenters. The minimum absolute atomic E-state index is 0.151. The second kappa shape index (κ2) is 4.76. The number of fused-ring (bicyclic) bond motifs is 1. The van der Waals surface area contributed by atoms with Crippen LogP contribution in [0.1, 0.15) is 29.6 Å². The van der Waals surface area contributed by atoms with E-state index >= 15 is 0 Å². The van der Waals surface area contributed by atoms with E-state index in [9.17, 15) is 15.0 Å². The van der Waals surface area contributed by atoms with Crippen LogP contribution in [0, 0.1) is 0 Å². The topological polar surface area (TPSA) is 82.5 Å².